The zero-order valence-corrected chi connectivity index (χ0v) is 21.0. The summed E-state index contributed by atoms with van der Waals surface area (Å²) in [4.78, 5) is 0. The number of anilines is 2. The molecule has 5 rings (SSSR count). The molecule has 0 aliphatic rings. The first-order chi connectivity index (χ1) is 16.9. The normalized spacial score (nSPS) is 12.5. The van der Waals surface area contributed by atoms with Gasteiger partial charge in [0.1, 0.15) is 0 Å². The lowest BCUT2D eigenvalue weighted by atomic mass is 9.75. The van der Waals surface area contributed by atoms with Crippen molar-refractivity contribution in [1.29, 1.82) is 0 Å². The maximum Gasteiger partial charge on any atom is 0.0432 e. The lowest BCUT2D eigenvalue weighted by Crippen LogP contribution is -2.21. The Hall–Kier alpha value is -3.84. The van der Waals surface area contributed by atoms with Crippen molar-refractivity contribution in [2.75, 3.05) is 5.32 Å². The molecule has 5 aromatic carbocycles. The average molecular weight is 456 g/mol. The summed E-state index contributed by atoms with van der Waals surface area (Å²) in [6.45, 7) is 9.05. The summed E-state index contributed by atoms with van der Waals surface area (Å²) >= 11 is 0. The maximum atomic E-state index is 3.75. The maximum absolute atomic E-state index is 3.75. The largest absolute Gasteiger partial charge is 0.355 e. The van der Waals surface area contributed by atoms with Crippen LogP contribution < -0.4 is 5.32 Å². The number of benzene rings is 5. The Kier molecular flexibility index (Phi) is 6.17. The molecule has 1 unspecified atom stereocenters. The van der Waals surface area contributed by atoms with Gasteiger partial charge in [-0.2, -0.15) is 0 Å². The lowest BCUT2D eigenvalue weighted by molar-refractivity contribution is 0.649. The highest BCUT2D eigenvalue weighted by atomic mass is 14.9. The van der Waals surface area contributed by atoms with E-state index in [1.807, 2.05) is 0 Å². The number of hydrogen-bond donors (Lipinski definition) is 1. The molecular formula is C34H33N. The van der Waals surface area contributed by atoms with Gasteiger partial charge >= 0.3 is 0 Å². The topological polar surface area (TPSA) is 12.0 Å². The van der Waals surface area contributed by atoms with E-state index in [-0.39, 0.29) is 5.41 Å². The van der Waals surface area contributed by atoms with Gasteiger partial charge in [-0.25, -0.2) is 0 Å². The number of hydrogen-bond acceptors (Lipinski definition) is 1. The van der Waals surface area contributed by atoms with E-state index < -0.39 is 0 Å². The first-order valence-corrected chi connectivity index (χ1v) is 12.4. The summed E-state index contributed by atoms with van der Waals surface area (Å²) in [6, 6.07) is 41.7. The van der Waals surface area contributed by atoms with Gasteiger partial charge in [0.15, 0.2) is 0 Å². The molecule has 0 fully saturated rings. The van der Waals surface area contributed by atoms with Crippen molar-refractivity contribution in [1.82, 2.24) is 0 Å². The number of nitrogens with one attached hydrogen (secondary N) is 1. The van der Waals surface area contributed by atoms with Crippen molar-refractivity contribution in [3.8, 4) is 0 Å². The molecule has 0 aliphatic heterocycles. The van der Waals surface area contributed by atoms with Crippen LogP contribution in [-0.4, -0.2) is 0 Å². The Morgan fingerprint density at radius 1 is 0.629 bits per heavy atom. The van der Waals surface area contributed by atoms with Gasteiger partial charge in [0.05, 0.1) is 0 Å². The van der Waals surface area contributed by atoms with Gasteiger partial charge in [0.25, 0.3) is 0 Å². The van der Waals surface area contributed by atoms with Crippen molar-refractivity contribution < 1.29 is 0 Å². The Bertz CT molecular complexity index is 1430. The minimum absolute atomic E-state index is 0.162. The number of rotatable bonds is 6. The van der Waals surface area contributed by atoms with Crippen LogP contribution in [0.5, 0.6) is 0 Å². The molecule has 0 aromatic heterocycles. The number of fused-ring (bicyclic) bond motifs is 1. The van der Waals surface area contributed by atoms with Crippen LogP contribution in [0.4, 0.5) is 11.4 Å². The zero-order valence-electron chi connectivity index (χ0n) is 21.0. The first kappa shape index (κ1) is 22.9. The second-order valence-corrected chi connectivity index (χ2v) is 10.1. The third-order valence-electron chi connectivity index (χ3n) is 7.32. The minimum atomic E-state index is -0.162. The third-order valence-corrected chi connectivity index (χ3v) is 7.32. The monoisotopic (exact) mass is 455 g/mol. The molecule has 0 heterocycles. The summed E-state index contributed by atoms with van der Waals surface area (Å²) in [6.07, 6.45) is 0. The van der Waals surface area contributed by atoms with Gasteiger partial charge in [0.2, 0.25) is 0 Å². The van der Waals surface area contributed by atoms with Crippen LogP contribution in [0.25, 0.3) is 10.8 Å². The fraction of sp³-hybridized carbons (Fsp3) is 0.176. The van der Waals surface area contributed by atoms with Crippen LogP contribution >= 0.6 is 0 Å². The van der Waals surface area contributed by atoms with E-state index in [0.29, 0.717) is 5.92 Å². The van der Waals surface area contributed by atoms with Crippen LogP contribution in [-0.2, 0) is 5.41 Å². The molecular weight excluding hydrogens is 422 g/mol. The fourth-order valence-electron chi connectivity index (χ4n) is 5.11. The first-order valence-electron chi connectivity index (χ1n) is 12.4. The minimum Gasteiger partial charge on any atom is -0.355 e. The fourth-order valence-corrected chi connectivity index (χ4v) is 5.11. The molecule has 1 atom stereocenters. The second-order valence-electron chi connectivity index (χ2n) is 10.1. The summed E-state index contributed by atoms with van der Waals surface area (Å²) in [5, 5.41) is 6.31. The van der Waals surface area contributed by atoms with E-state index in [0.717, 1.165) is 11.4 Å². The molecule has 1 N–H and O–H groups in total. The molecule has 0 amide bonds. The highest BCUT2D eigenvalue weighted by Crippen LogP contribution is 2.41. The van der Waals surface area contributed by atoms with Gasteiger partial charge in [0, 0.05) is 22.7 Å². The average Bonchev–Trinajstić information content (AvgIpc) is 2.89. The highest BCUT2D eigenvalue weighted by Gasteiger charge is 2.28. The Labute approximate surface area is 209 Å². The molecule has 35 heavy (non-hydrogen) atoms. The molecule has 0 bridgehead atoms. The summed E-state index contributed by atoms with van der Waals surface area (Å²) in [5.41, 5.74) is 8.68. The van der Waals surface area contributed by atoms with E-state index in [2.05, 4.69) is 148 Å². The molecule has 0 spiro atoms. The molecule has 5 aromatic rings. The van der Waals surface area contributed by atoms with Crippen molar-refractivity contribution in [3.63, 3.8) is 0 Å². The summed E-state index contributed by atoms with van der Waals surface area (Å²) < 4.78 is 0. The summed E-state index contributed by atoms with van der Waals surface area (Å²) in [7, 11) is 0. The predicted molar refractivity (Wildman–Crippen MR) is 151 cm³/mol. The van der Waals surface area contributed by atoms with Gasteiger partial charge in [-0.15, -0.1) is 0 Å². The SMILES string of the molecule is Cc1ccc(C(C)c2ccc(Nc3ccc4ccccc4c3C(C)(C)c3ccccc3)cc2)cc1. The van der Waals surface area contributed by atoms with Crippen molar-refractivity contribution in [2.45, 2.75) is 39.0 Å². The Balaban J connectivity index is 1.51. The highest BCUT2D eigenvalue weighted by molar-refractivity contribution is 5.92. The molecule has 0 saturated heterocycles. The van der Waals surface area contributed by atoms with Gasteiger partial charge in [-0.1, -0.05) is 123 Å². The Morgan fingerprint density at radius 3 is 1.91 bits per heavy atom. The van der Waals surface area contributed by atoms with E-state index in [1.165, 1.54) is 38.6 Å². The van der Waals surface area contributed by atoms with E-state index >= 15 is 0 Å². The third kappa shape index (κ3) is 4.59. The second kappa shape index (κ2) is 9.43. The van der Waals surface area contributed by atoms with Crippen LogP contribution in [0, 0.1) is 6.92 Å². The molecule has 1 nitrogen and oxygen atoms in total. The number of aryl methyl sites for hydroxylation is 1. The van der Waals surface area contributed by atoms with Crippen LogP contribution in [0.3, 0.4) is 0 Å². The molecule has 0 saturated carbocycles. The van der Waals surface area contributed by atoms with E-state index in [4.69, 9.17) is 0 Å². The summed E-state index contributed by atoms with van der Waals surface area (Å²) in [5.74, 6) is 0.359. The van der Waals surface area contributed by atoms with Crippen LogP contribution in [0.15, 0.2) is 115 Å². The van der Waals surface area contributed by atoms with E-state index in [1.54, 1.807) is 0 Å². The van der Waals surface area contributed by atoms with E-state index in [9.17, 15) is 0 Å². The Morgan fingerprint density at radius 2 is 1.23 bits per heavy atom. The standard InChI is InChI=1S/C34H33N/c1-24-14-16-26(17-15-24)25(2)27-18-21-30(22-19-27)35-32-23-20-28-10-8-9-13-31(28)33(32)34(3,4)29-11-6-5-7-12-29/h5-23,25,35H,1-4H3. The van der Waals surface area contributed by atoms with Gasteiger partial charge in [-0.3, -0.25) is 0 Å². The van der Waals surface area contributed by atoms with Crippen LogP contribution in [0.2, 0.25) is 0 Å². The smallest absolute Gasteiger partial charge is 0.0432 e. The van der Waals surface area contributed by atoms with Gasteiger partial charge in [-0.05, 0) is 58.1 Å². The van der Waals surface area contributed by atoms with Crippen molar-refractivity contribution in [3.05, 3.63) is 143 Å². The van der Waals surface area contributed by atoms with Gasteiger partial charge < -0.3 is 5.32 Å². The van der Waals surface area contributed by atoms with Crippen molar-refractivity contribution in [2.24, 2.45) is 0 Å². The quantitative estimate of drug-likeness (QED) is 0.269. The molecule has 174 valence electrons. The molecule has 1 heteroatoms. The predicted octanol–water partition coefficient (Wildman–Crippen LogP) is 9.37. The lowest BCUT2D eigenvalue weighted by Gasteiger charge is -2.30. The zero-order chi connectivity index (χ0) is 24.4. The molecule has 0 aliphatic carbocycles. The molecule has 0 radical (unpaired) electrons. The van der Waals surface area contributed by atoms with Crippen LogP contribution in [0.1, 0.15) is 54.5 Å². The van der Waals surface area contributed by atoms with Crippen molar-refractivity contribution >= 4 is 22.1 Å².